The number of thioether (sulfide) groups is 1. The van der Waals surface area contributed by atoms with E-state index >= 15 is 0 Å². The Labute approximate surface area is 157 Å². The van der Waals surface area contributed by atoms with E-state index in [0.29, 0.717) is 22.0 Å². The minimum atomic E-state index is -0.429. The minimum Gasteiger partial charge on any atom is -0.497 e. The van der Waals surface area contributed by atoms with Gasteiger partial charge in [0.2, 0.25) is 5.91 Å². The van der Waals surface area contributed by atoms with Crippen molar-refractivity contribution in [2.45, 2.75) is 17.9 Å². The van der Waals surface area contributed by atoms with Gasteiger partial charge in [-0.25, -0.2) is 0 Å². The van der Waals surface area contributed by atoms with Gasteiger partial charge in [-0.05, 0) is 31.2 Å². The van der Waals surface area contributed by atoms with Gasteiger partial charge in [-0.2, -0.15) is 0 Å². The molecule has 2 rings (SSSR count). The van der Waals surface area contributed by atoms with E-state index in [2.05, 4.69) is 5.32 Å². The molecule has 1 unspecified atom stereocenters. The fraction of sp³-hybridized carbons (Fsp3) is 0.263. The number of amides is 2. The fourth-order valence-corrected chi connectivity index (χ4v) is 3.25. The Morgan fingerprint density at radius 1 is 1.15 bits per heavy atom. The van der Waals surface area contributed by atoms with E-state index in [1.165, 1.54) is 11.8 Å². The molecule has 0 aromatic heterocycles. The molecule has 0 spiro atoms. The molecule has 0 fully saturated rings. The zero-order valence-electron chi connectivity index (χ0n) is 14.9. The number of benzene rings is 2. The Hall–Kier alpha value is -2.67. The molecule has 1 atom stereocenters. The zero-order valence-corrected chi connectivity index (χ0v) is 15.8. The highest BCUT2D eigenvalue weighted by atomic mass is 32.2. The summed E-state index contributed by atoms with van der Waals surface area (Å²) in [5, 5.41) is 2.96. The van der Waals surface area contributed by atoms with Crippen LogP contribution in [0.15, 0.2) is 47.4 Å². The van der Waals surface area contributed by atoms with Crippen LogP contribution in [0.2, 0.25) is 0 Å². The standard InChI is InChI=1S/C19H22N2O4S/c1-12(14-9-8-13(24-2)10-16(14)25-3)21-19(23)15-6-4-5-7-17(15)26-11-18(20)22/h4-10,12H,11H2,1-3H3,(H2,20,22)(H,21,23). The summed E-state index contributed by atoms with van der Waals surface area (Å²) in [5.41, 5.74) is 6.53. The lowest BCUT2D eigenvalue weighted by atomic mass is 10.1. The van der Waals surface area contributed by atoms with Gasteiger partial charge in [0.05, 0.1) is 31.6 Å². The Balaban J connectivity index is 2.18. The number of methoxy groups -OCH3 is 2. The van der Waals surface area contributed by atoms with Crippen LogP contribution in [0.3, 0.4) is 0 Å². The van der Waals surface area contributed by atoms with E-state index in [9.17, 15) is 9.59 Å². The molecule has 26 heavy (non-hydrogen) atoms. The van der Waals surface area contributed by atoms with Gasteiger partial charge >= 0.3 is 0 Å². The summed E-state index contributed by atoms with van der Waals surface area (Å²) in [6.45, 7) is 1.88. The lowest BCUT2D eigenvalue weighted by Gasteiger charge is -2.19. The molecular formula is C19H22N2O4S. The Kier molecular flexibility index (Phi) is 6.91. The van der Waals surface area contributed by atoms with Crippen LogP contribution in [0.5, 0.6) is 11.5 Å². The fourth-order valence-electron chi connectivity index (χ4n) is 2.46. The lowest BCUT2D eigenvalue weighted by Crippen LogP contribution is -2.27. The van der Waals surface area contributed by atoms with Crippen LogP contribution in [-0.4, -0.2) is 31.8 Å². The molecule has 2 amide bonds. The first kappa shape index (κ1) is 19.7. The highest BCUT2D eigenvalue weighted by molar-refractivity contribution is 8.00. The van der Waals surface area contributed by atoms with E-state index in [1.54, 1.807) is 38.5 Å². The van der Waals surface area contributed by atoms with E-state index in [-0.39, 0.29) is 17.7 Å². The zero-order chi connectivity index (χ0) is 19.1. The quantitative estimate of drug-likeness (QED) is 0.694. The van der Waals surface area contributed by atoms with E-state index < -0.39 is 5.91 Å². The maximum atomic E-state index is 12.7. The number of nitrogens with one attached hydrogen (secondary N) is 1. The molecule has 0 aliphatic rings. The largest absolute Gasteiger partial charge is 0.497 e. The summed E-state index contributed by atoms with van der Waals surface area (Å²) < 4.78 is 10.6. The number of hydrogen-bond donors (Lipinski definition) is 2. The minimum absolute atomic E-state index is 0.117. The van der Waals surface area contributed by atoms with E-state index in [0.717, 1.165) is 5.56 Å². The first-order valence-corrected chi connectivity index (χ1v) is 8.97. The van der Waals surface area contributed by atoms with Crippen molar-refractivity contribution < 1.29 is 19.1 Å². The van der Waals surface area contributed by atoms with Gasteiger partial charge in [0.15, 0.2) is 0 Å². The van der Waals surface area contributed by atoms with Gasteiger partial charge in [0, 0.05) is 16.5 Å². The second-order valence-corrected chi connectivity index (χ2v) is 6.57. The highest BCUT2D eigenvalue weighted by Crippen LogP contribution is 2.30. The van der Waals surface area contributed by atoms with Crippen LogP contribution in [0.4, 0.5) is 0 Å². The average molecular weight is 374 g/mol. The van der Waals surface area contributed by atoms with Gasteiger partial charge in [0.25, 0.3) is 5.91 Å². The van der Waals surface area contributed by atoms with Crippen molar-refractivity contribution in [3.05, 3.63) is 53.6 Å². The van der Waals surface area contributed by atoms with Crippen molar-refractivity contribution >= 4 is 23.6 Å². The molecular weight excluding hydrogens is 352 g/mol. The normalized spacial score (nSPS) is 11.5. The molecule has 3 N–H and O–H groups in total. The predicted octanol–water partition coefficient (Wildman–Crippen LogP) is 2.77. The van der Waals surface area contributed by atoms with Crippen molar-refractivity contribution in [3.63, 3.8) is 0 Å². The second kappa shape index (κ2) is 9.15. The molecule has 7 heteroatoms. The molecule has 0 heterocycles. The Bertz CT molecular complexity index is 795. The average Bonchev–Trinajstić information content (AvgIpc) is 2.65. The van der Waals surface area contributed by atoms with Crippen LogP contribution in [0, 0.1) is 0 Å². The third-order valence-corrected chi connectivity index (χ3v) is 4.85. The maximum absolute atomic E-state index is 12.7. The summed E-state index contributed by atoms with van der Waals surface area (Å²) in [6, 6.07) is 12.3. The van der Waals surface area contributed by atoms with Crippen LogP contribution in [0.1, 0.15) is 28.9 Å². The Morgan fingerprint density at radius 3 is 2.54 bits per heavy atom. The summed E-state index contributed by atoms with van der Waals surface area (Å²) in [7, 11) is 3.16. The SMILES string of the molecule is COc1ccc(C(C)NC(=O)c2ccccc2SCC(N)=O)c(OC)c1. The van der Waals surface area contributed by atoms with Gasteiger partial charge in [0.1, 0.15) is 11.5 Å². The van der Waals surface area contributed by atoms with Crippen LogP contribution in [-0.2, 0) is 4.79 Å². The number of rotatable bonds is 8. The number of nitrogens with two attached hydrogens (primary N) is 1. The first-order valence-electron chi connectivity index (χ1n) is 7.99. The topological polar surface area (TPSA) is 90.6 Å². The lowest BCUT2D eigenvalue weighted by molar-refractivity contribution is -0.115. The number of primary amides is 1. The molecule has 0 aliphatic heterocycles. The molecule has 2 aromatic rings. The van der Waals surface area contributed by atoms with Gasteiger partial charge in [-0.3, -0.25) is 9.59 Å². The van der Waals surface area contributed by atoms with Gasteiger partial charge in [-0.15, -0.1) is 11.8 Å². The van der Waals surface area contributed by atoms with Gasteiger partial charge in [-0.1, -0.05) is 12.1 Å². The number of hydrogen-bond acceptors (Lipinski definition) is 5. The number of ether oxygens (including phenoxy) is 2. The molecule has 138 valence electrons. The number of carbonyl (C=O) groups excluding carboxylic acids is 2. The Morgan fingerprint density at radius 2 is 1.88 bits per heavy atom. The number of carbonyl (C=O) groups is 2. The van der Waals surface area contributed by atoms with Crippen molar-refractivity contribution in [1.29, 1.82) is 0 Å². The third-order valence-electron chi connectivity index (χ3n) is 3.76. The van der Waals surface area contributed by atoms with Crippen LogP contribution >= 0.6 is 11.8 Å². The maximum Gasteiger partial charge on any atom is 0.252 e. The van der Waals surface area contributed by atoms with Crippen LogP contribution < -0.4 is 20.5 Å². The summed E-state index contributed by atoms with van der Waals surface area (Å²) in [4.78, 5) is 24.4. The van der Waals surface area contributed by atoms with E-state index in [4.69, 9.17) is 15.2 Å². The molecule has 0 saturated carbocycles. The smallest absolute Gasteiger partial charge is 0.252 e. The van der Waals surface area contributed by atoms with Gasteiger partial charge < -0.3 is 20.5 Å². The van der Waals surface area contributed by atoms with E-state index in [1.807, 2.05) is 25.1 Å². The van der Waals surface area contributed by atoms with Crippen molar-refractivity contribution in [2.24, 2.45) is 5.73 Å². The first-order chi connectivity index (χ1) is 12.5. The van der Waals surface area contributed by atoms with Crippen LogP contribution in [0.25, 0.3) is 0 Å². The summed E-state index contributed by atoms with van der Waals surface area (Å²) in [6.07, 6.45) is 0. The molecule has 2 aromatic carbocycles. The molecule has 0 radical (unpaired) electrons. The molecule has 6 nitrogen and oxygen atoms in total. The molecule has 0 aliphatic carbocycles. The van der Waals surface area contributed by atoms with Crippen molar-refractivity contribution in [2.75, 3.05) is 20.0 Å². The predicted molar refractivity (Wildman–Crippen MR) is 102 cm³/mol. The highest BCUT2D eigenvalue weighted by Gasteiger charge is 2.18. The van der Waals surface area contributed by atoms with Crippen molar-refractivity contribution in [3.8, 4) is 11.5 Å². The summed E-state index contributed by atoms with van der Waals surface area (Å²) in [5.74, 6) is 0.766. The van der Waals surface area contributed by atoms with Crippen molar-refractivity contribution in [1.82, 2.24) is 5.32 Å². The molecule has 0 bridgehead atoms. The third kappa shape index (κ3) is 4.92. The summed E-state index contributed by atoms with van der Waals surface area (Å²) >= 11 is 1.24. The molecule has 0 saturated heterocycles. The monoisotopic (exact) mass is 374 g/mol. The second-order valence-electron chi connectivity index (χ2n) is 5.55.